The molecule has 0 unspecified atom stereocenters. The van der Waals surface area contributed by atoms with Crippen molar-refractivity contribution in [3.05, 3.63) is 23.8 Å². The van der Waals surface area contributed by atoms with E-state index in [1.807, 2.05) is 32.0 Å². The monoisotopic (exact) mass is 280 g/mol. The average molecular weight is 280 g/mol. The van der Waals surface area contributed by atoms with Crippen molar-refractivity contribution in [3.63, 3.8) is 0 Å². The summed E-state index contributed by atoms with van der Waals surface area (Å²) >= 11 is 0. The number of carbonyl (C=O) groups excluding carboxylic acids is 1. The van der Waals surface area contributed by atoms with Gasteiger partial charge in [0.25, 0.3) is 0 Å². The summed E-state index contributed by atoms with van der Waals surface area (Å²) in [6, 6.07) is 5.65. The molecule has 0 aliphatic carbocycles. The van der Waals surface area contributed by atoms with Gasteiger partial charge >= 0.3 is 0 Å². The number of hydrogen-bond donors (Lipinski definition) is 1. The lowest BCUT2D eigenvalue weighted by Gasteiger charge is -2.29. The maximum Gasteiger partial charge on any atom is 0.242 e. The van der Waals surface area contributed by atoms with Crippen molar-refractivity contribution in [3.8, 4) is 11.5 Å². The van der Waals surface area contributed by atoms with Gasteiger partial charge in [-0.25, -0.2) is 0 Å². The minimum atomic E-state index is -0.596. The van der Waals surface area contributed by atoms with Crippen molar-refractivity contribution in [1.82, 2.24) is 10.2 Å². The topological polar surface area (TPSA) is 50.8 Å². The van der Waals surface area contributed by atoms with Gasteiger partial charge in [0.15, 0.2) is 11.5 Å². The molecule has 5 heteroatoms. The second-order valence-electron chi connectivity index (χ2n) is 5.19. The Morgan fingerprint density at radius 2 is 1.95 bits per heavy atom. The van der Waals surface area contributed by atoms with Gasteiger partial charge < -0.3 is 19.7 Å². The highest BCUT2D eigenvalue weighted by Gasteiger charge is 2.28. The Morgan fingerprint density at radius 3 is 2.45 bits per heavy atom. The number of nitrogens with zero attached hydrogens (tertiary/aromatic N) is 1. The Hall–Kier alpha value is -1.75. The van der Waals surface area contributed by atoms with Crippen LogP contribution in [0.3, 0.4) is 0 Å². The summed E-state index contributed by atoms with van der Waals surface area (Å²) in [5.74, 6) is 1.35. The van der Waals surface area contributed by atoms with E-state index in [0.29, 0.717) is 18.0 Å². The molecule has 0 saturated heterocycles. The fourth-order valence-electron chi connectivity index (χ4n) is 1.99. The zero-order chi connectivity index (χ0) is 15.3. The maximum absolute atomic E-state index is 12.3. The zero-order valence-corrected chi connectivity index (χ0v) is 13.1. The first-order valence-corrected chi connectivity index (χ1v) is 6.51. The number of ether oxygens (including phenoxy) is 2. The van der Waals surface area contributed by atoms with Gasteiger partial charge in [0.1, 0.15) is 0 Å². The predicted octanol–water partition coefficient (Wildman–Crippen LogP) is 1.66. The molecule has 20 heavy (non-hydrogen) atoms. The molecular weight excluding hydrogens is 256 g/mol. The van der Waals surface area contributed by atoms with Gasteiger partial charge in [0.05, 0.1) is 19.8 Å². The molecule has 0 aliphatic rings. The van der Waals surface area contributed by atoms with E-state index in [2.05, 4.69) is 5.32 Å². The van der Waals surface area contributed by atoms with Gasteiger partial charge in [-0.1, -0.05) is 12.1 Å². The van der Waals surface area contributed by atoms with E-state index >= 15 is 0 Å². The second kappa shape index (κ2) is 6.61. The molecule has 0 aliphatic heterocycles. The van der Waals surface area contributed by atoms with Crippen molar-refractivity contribution >= 4 is 5.91 Å². The lowest BCUT2D eigenvalue weighted by atomic mass is 10.0. The first-order chi connectivity index (χ1) is 9.37. The third kappa shape index (κ3) is 3.42. The summed E-state index contributed by atoms with van der Waals surface area (Å²) in [6.45, 7) is 4.17. The van der Waals surface area contributed by atoms with Crippen LogP contribution in [0.1, 0.15) is 19.4 Å². The number of amides is 1. The van der Waals surface area contributed by atoms with Crippen LogP contribution in [0, 0.1) is 0 Å². The van der Waals surface area contributed by atoms with Crippen LogP contribution in [-0.2, 0) is 11.3 Å². The molecule has 0 bridgehead atoms. The molecule has 1 rings (SSSR count). The third-order valence-electron chi connectivity index (χ3n) is 3.40. The summed E-state index contributed by atoms with van der Waals surface area (Å²) in [5, 5.41) is 3.01. The van der Waals surface area contributed by atoms with Gasteiger partial charge in [-0.3, -0.25) is 4.79 Å². The highest BCUT2D eigenvalue weighted by atomic mass is 16.5. The van der Waals surface area contributed by atoms with Crippen LogP contribution >= 0.6 is 0 Å². The van der Waals surface area contributed by atoms with E-state index in [1.54, 1.807) is 33.2 Å². The van der Waals surface area contributed by atoms with Crippen LogP contribution in [0.5, 0.6) is 11.5 Å². The van der Waals surface area contributed by atoms with Gasteiger partial charge in [-0.2, -0.15) is 0 Å². The molecule has 1 aromatic carbocycles. The van der Waals surface area contributed by atoms with Crippen LogP contribution in [0.2, 0.25) is 0 Å². The standard InChI is InChI=1S/C15H24N2O3/c1-15(2,16-3)14(18)17(4)10-11-8-7-9-12(19-5)13(11)20-6/h7-9,16H,10H2,1-6H3. The van der Waals surface area contributed by atoms with E-state index in [0.717, 1.165) is 5.56 Å². The summed E-state index contributed by atoms with van der Waals surface area (Å²) in [7, 11) is 6.75. The molecule has 0 saturated carbocycles. The highest BCUT2D eigenvalue weighted by molar-refractivity contribution is 5.85. The largest absolute Gasteiger partial charge is 0.493 e. The van der Waals surface area contributed by atoms with Crippen LogP contribution in [0.25, 0.3) is 0 Å². The van der Waals surface area contributed by atoms with E-state index in [9.17, 15) is 4.79 Å². The molecule has 0 heterocycles. The van der Waals surface area contributed by atoms with Crippen LogP contribution < -0.4 is 14.8 Å². The second-order valence-corrected chi connectivity index (χ2v) is 5.19. The van der Waals surface area contributed by atoms with Gasteiger partial charge in [-0.15, -0.1) is 0 Å². The molecule has 5 nitrogen and oxygen atoms in total. The fourth-order valence-corrected chi connectivity index (χ4v) is 1.99. The van der Waals surface area contributed by atoms with Crippen LogP contribution in [0.15, 0.2) is 18.2 Å². The number of methoxy groups -OCH3 is 2. The van der Waals surface area contributed by atoms with Gasteiger partial charge in [0, 0.05) is 19.2 Å². The number of carbonyl (C=O) groups is 1. The Kier molecular flexibility index (Phi) is 5.39. The average Bonchev–Trinajstić information content (AvgIpc) is 2.45. The van der Waals surface area contributed by atoms with Crippen molar-refractivity contribution in [2.75, 3.05) is 28.3 Å². The SMILES string of the molecule is CNC(C)(C)C(=O)N(C)Cc1cccc(OC)c1OC. The van der Waals surface area contributed by atoms with E-state index in [-0.39, 0.29) is 5.91 Å². The van der Waals surface area contributed by atoms with Crippen molar-refractivity contribution in [2.45, 2.75) is 25.9 Å². The Bertz CT molecular complexity index is 472. The number of benzene rings is 1. The molecule has 1 amide bonds. The van der Waals surface area contributed by atoms with E-state index < -0.39 is 5.54 Å². The van der Waals surface area contributed by atoms with Crippen molar-refractivity contribution < 1.29 is 14.3 Å². The van der Waals surface area contributed by atoms with Crippen LogP contribution in [-0.4, -0.2) is 44.7 Å². The molecule has 0 aromatic heterocycles. The molecule has 0 spiro atoms. The fraction of sp³-hybridized carbons (Fsp3) is 0.533. The summed E-state index contributed by atoms with van der Waals surface area (Å²) in [5.41, 5.74) is 0.315. The quantitative estimate of drug-likeness (QED) is 0.861. The maximum atomic E-state index is 12.3. The number of hydrogen-bond acceptors (Lipinski definition) is 4. The van der Waals surface area contributed by atoms with E-state index in [1.165, 1.54) is 0 Å². The van der Waals surface area contributed by atoms with E-state index in [4.69, 9.17) is 9.47 Å². The normalized spacial score (nSPS) is 11.1. The number of para-hydroxylation sites is 1. The smallest absolute Gasteiger partial charge is 0.242 e. The minimum Gasteiger partial charge on any atom is -0.493 e. The third-order valence-corrected chi connectivity index (χ3v) is 3.40. The summed E-state index contributed by atoms with van der Waals surface area (Å²) in [6.07, 6.45) is 0. The summed E-state index contributed by atoms with van der Waals surface area (Å²) < 4.78 is 10.6. The van der Waals surface area contributed by atoms with Crippen LogP contribution in [0.4, 0.5) is 0 Å². The molecular formula is C15H24N2O3. The first-order valence-electron chi connectivity index (χ1n) is 6.51. The Labute approximate surface area is 120 Å². The van der Waals surface area contributed by atoms with Crippen molar-refractivity contribution in [2.24, 2.45) is 0 Å². The Balaban J connectivity index is 2.96. The van der Waals surface area contributed by atoms with Crippen molar-refractivity contribution in [1.29, 1.82) is 0 Å². The number of likely N-dealkylation sites (N-methyl/N-ethyl adjacent to an activating group) is 2. The van der Waals surface area contributed by atoms with Gasteiger partial charge in [-0.05, 0) is 27.0 Å². The minimum absolute atomic E-state index is 0.0184. The summed E-state index contributed by atoms with van der Waals surface area (Å²) in [4.78, 5) is 14.0. The van der Waals surface area contributed by atoms with Gasteiger partial charge in [0.2, 0.25) is 5.91 Å². The number of rotatable bonds is 6. The molecule has 0 atom stereocenters. The zero-order valence-electron chi connectivity index (χ0n) is 13.1. The molecule has 0 fully saturated rings. The lowest BCUT2D eigenvalue weighted by Crippen LogP contribution is -2.51. The molecule has 1 aromatic rings. The number of nitrogens with one attached hydrogen (secondary N) is 1. The lowest BCUT2D eigenvalue weighted by molar-refractivity contribution is -0.136. The molecule has 0 radical (unpaired) electrons. The first kappa shape index (κ1) is 16.3. The predicted molar refractivity (Wildman–Crippen MR) is 79.2 cm³/mol. The molecule has 112 valence electrons. The molecule has 1 N–H and O–H groups in total. The highest BCUT2D eigenvalue weighted by Crippen LogP contribution is 2.31. The Morgan fingerprint density at radius 1 is 1.30 bits per heavy atom.